The number of nitrogens with one attached hydrogen (secondary N) is 1. The summed E-state index contributed by atoms with van der Waals surface area (Å²) in [5.41, 5.74) is -0.975. The Morgan fingerprint density at radius 2 is 1.86 bits per heavy atom. The minimum Gasteiger partial charge on any atom is -0.474 e. The van der Waals surface area contributed by atoms with Crippen molar-refractivity contribution < 1.29 is 17.9 Å². The fraction of sp³-hybridized carbons (Fsp3) is 0.714. The van der Waals surface area contributed by atoms with Crippen molar-refractivity contribution in [3.8, 4) is 5.88 Å². The Morgan fingerprint density at radius 3 is 2.43 bits per heavy atom. The number of hydrogen-bond acceptors (Lipinski definition) is 4. The Bertz CT molecular complexity index is 457. The Morgan fingerprint density at radius 1 is 1.19 bits per heavy atom. The van der Waals surface area contributed by atoms with Crippen LogP contribution in [0.5, 0.6) is 5.88 Å². The van der Waals surface area contributed by atoms with Crippen molar-refractivity contribution in [2.75, 3.05) is 11.9 Å². The number of halogens is 3. The summed E-state index contributed by atoms with van der Waals surface area (Å²) in [6.07, 6.45) is 1.56. The molecule has 1 aliphatic carbocycles. The van der Waals surface area contributed by atoms with Gasteiger partial charge in [-0.15, -0.1) is 0 Å². The molecular formula is C14H20F3N3O. The van der Waals surface area contributed by atoms with Gasteiger partial charge in [-0.25, -0.2) is 4.98 Å². The van der Waals surface area contributed by atoms with Crippen LogP contribution in [-0.2, 0) is 6.18 Å². The van der Waals surface area contributed by atoms with Gasteiger partial charge in [0.25, 0.3) is 0 Å². The van der Waals surface area contributed by atoms with Crippen molar-refractivity contribution in [1.82, 2.24) is 9.97 Å². The van der Waals surface area contributed by atoms with Crippen LogP contribution in [0.15, 0.2) is 6.07 Å². The molecule has 0 spiro atoms. The van der Waals surface area contributed by atoms with E-state index in [4.69, 9.17) is 4.74 Å². The zero-order chi connectivity index (χ0) is 15.3. The standard InChI is InChI=1S/C14H20F3N3O/c1-2-18-13-19-11(14(15,16)17)9-12(20-13)21-10-7-5-3-4-6-8-10/h9-10H,2-8H2,1H3,(H,18,19,20). The molecule has 0 aromatic carbocycles. The Labute approximate surface area is 122 Å². The first kappa shape index (κ1) is 15.9. The van der Waals surface area contributed by atoms with Crippen LogP contribution >= 0.6 is 0 Å². The molecule has 1 aromatic rings. The smallest absolute Gasteiger partial charge is 0.433 e. The van der Waals surface area contributed by atoms with Crippen LogP contribution in [0.3, 0.4) is 0 Å². The topological polar surface area (TPSA) is 47.0 Å². The number of nitrogens with zero attached hydrogens (tertiary/aromatic N) is 2. The van der Waals surface area contributed by atoms with E-state index in [1.54, 1.807) is 6.92 Å². The molecule has 7 heteroatoms. The maximum absolute atomic E-state index is 12.9. The van der Waals surface area contributed by atoms with Gasteiger partial charge in [0.2, 0.25) is 11.8 Å². The van der Waals surface area contributed by atoms with Crippen LogP contribution < -0.4 is 10.1 Å². The fourth-order valence-electron chi connectivity index (χ4n) is 2.40. The lowest BCUT2D eigenvalue weighted by molar-refractivity contribution is -0.141. The van der Waals surface area contributed by atoms with E-state index in [1.807, 2.05) is 0 Å². The molecule has 4 nitrogen and oxygen atoms in total. The van der Waals surface area contributed by atoms with E-state index in [2.05, 4.69) is 15.3 Å². The van der Waals surface area contributed by atoms with Crippen LogP contribution in [0, 0.1) is 0 Å². The van der Waals surface area contributed by atoms with E-state index in [0.29, 0.717) is 6.54 Å². The van der Waals surface area contributed by atoms with Crippen molar-refractivity contribution in [3.63, 3.8) is 0 Å². The van der Waals surface area contributed by atoms with E-state index < -0.39 is 11.9 Å². The van der Waals surface area contributed by atoms with E-state index in [0.717, 1.165) is 44.6 Å². The summed E-state index contributed by atoms with van der Waals surface area (Å²) >= 11 is 0. The number of anilines is 1. The summed E-state index contributed by atoms with van der Waals surface area (Å²) in [5, 5.41) is 2.71. The van der Waals surface area contributed by atoms with E-state index in [1.165, 1.54) is 0 Å². The second-order valence-corrected chi connectivity index (χ2v) is 5.17. The summed E-state index contributed by atoms with van der Waals surface area (Å²) in [4.78, 5) is 7.50. The molecule has 1 N–H and O–H groups in total. The highest BCUT2D eigenvalue weighted by Gasteiger charge is 2.34. The number of aromatic nitrogens is 2. The highest BCUT2D eigenvalue weighted by atomic mass is 19.4. The maximum Gasteiger partial charge on any atom is 0.433 e. The van der Waals surface area contributed by atoms with Crippen molar-refractivity contribution in [2.45, 2.75) is 57.7 Å². The van der Waals surface area contributed by atoms with E-state index in [-0.39, 0.29) is 17.9 Å². The van der Waals surface area contributed by atoms with Crippen molar-refractivity contribution in [1.29, 1.82) is 0 Å². The molecule has 1 heterocycles. The summed E-state index contributed by atoms with van der Waals surface area (Å²) in [7, 11) is 0. The molecule has 0 bridgehead atoms. The SMILES string of the molecule is CCNc1nc(OC2CCCCCC2)cc(C(F)(F)F)n1. The molecule has 0 aliphatic heterocycles. The zero-order valence-electron chi connectivity index (χ0n) is 12.0. The molecule has 2 rings (SSSR count). The van der Waals surface area contributed by atoms with Crippen molar-refractivity contribution >= 4 is 5.95 Å². The lowest BCUT2D eigenvalue weighted by Crippen LogP contribution is -2.18. The molecule has 118 valence electrons. The van der Waals surface area contributed by atoms with Gasteiger partial charge in [0.15, 0.2) is 5.69 Å². The average molecular weight is 303 g/mol. The van der Waals surface area contributed by atoms with Gasteiger partial charge in [0.1, 0.15) is 6.10 Å². The minimum atomic E-state index is -4.51. The summed E-state index contributed by atoms with van der Waals surface area (Å²) < 4.78 is 44.2. The second kappa shape index (κ2) is 6.95. The van der Waals surface area contributed by atoms with Crippen LogP contribution in [0.25, 0.3) is 0 Å². The van der Waals surface area contributed by atoms with Gasteiger partial charge in [-0.3, -0.25) is 0 Å². The van der Waals surface area contributed by atoms with Crippen LogP contribution in [0.4, 0.5) is 19.1 Å². The maximum atomic E-state index is 12.9. The third-order valence-electron chi connectivity index (χ3n) is 3.42. The number of alkyl halides is 3. The zero-order valence-corrected chi connectivity index (χ0v) is 12.0. The normalized spacial score (nSPS) is 17.3. The molecule has 0 unspecified atom stereocenters. The molecule has 0 atom stereocenters. The first-order chi connectivity index (χ1) is 9.99. The molecule has 0 radical (unpaired) electrons. The average Bonchev–Trinajstić information content (AvgIpc) is 2.66. The fourth-order valence-corrected chi connectivity index (χ4v) is 2.40. The molecule has 1 aromatic heterocycles. The van der Waals surface area contributed by atoms with E-state index in [9.17, 15) is 13.2 Å². The first-order valence-corrected chi connectivity index (χ1v) is 7.36. The lowest BCUT2D eigenvalue weighted by atomic mass is 10.1. The van der Waals surface area contributed by atoms with Gasteiger partial charge in [0, 0.05) is 12.6 Å². The highest BCUT2D eigenvalue weighted by molar-refractivity contribution is 5.32. The molecule has 1 fully saturated rings. The van der Waals surface area contributed by atoms with Gasteiger partial charge < -0.3 is 10.1 Å². The van der Waals surface area contributed by atoms with Crippen LogP contribution in [0.2, 0.25) is 0 Å². The van der Waals surface area contributed by atoms with Gasteiger partial charge >= 0.3 is 6.18 Å². The summed E-state index contributed by atoms with van der Waals surface area (Å²) in [6.45, 7) is 2.22. The number of ether oxygens (including phenoxy) is 1. The first-order valence-electron chi connectivity index (χ1n) is 7.36. The summed E-state index contributed by atoms with van der Waals surface area (Å²) in [6, 6.07) is 0.881. The second-order valence-electron chi connectivity index (χ2n) is 5.17. The predicted molar refractivity (Wildman–Crippen MR) is 73.3 cm³/mol. The predicted octanol–water partition coefficient (Wildman–Crippen LogP) is 4.03. The van der Waals surface area contributed by atoms with Crippen molar-refractivity contribution in [3.05, 3.63) is 11.8 Å². The van der Waals surface area contributed by atoms with Gasteiger partial charge in [0.05, 0.1) is 0 Å². The Hall–Kier alpha value is -1.53. The Kier molecular flexibility index (Phi) is 5.25. The minimum absolute atomic E-state index is 0.000162. The van der Waals surface area contributed by atoms with Crippen LogP contribution in [-0.4, -0.2) is 22.6 Å². The number of hydrogen-bond donors (Lipinski definition) is 1. The van der Waals surface area contributed by atoms with Crippen LogP contribution in [0.1, 0.15) is 51.1 Å². The molecule has 21 heavy (non-hydrogen) atoms. The lowest BCUT2D eigenvalue weighted by Gasteiger charge is -2.17. The molecular weight excluding hydrogens is 283 g/mol. The highest BCUT2D eigenvalue weighted by Crippen LogP contribution is 2.31. The van der Waals surface area contributed by atoms with Crippen molar-refractivity contribution in [2.24, 2.45) is 0 Å². The molecule has 0 saturated heterocycles. The quantitative estimate of drug-likeness (QED) is 0.853. The van der Waals surface area contributed by atoms with Gasteiger partial charge in [-0.1, -0.05) is 12.8 Å². The molecule has 0 amide bonds. The molecule has 1 aliphatic rings. The van der Waals surface area contributed by atoms with Gasteiger partial charge in [-0.05, 0) is 32.6 Å². The monoisotopic (exact) mass is 303 g/mol. The molecule has 1 saturated carbocycles. The van der Waals surface area contributed by atoms with E-state index >= 15 is 0 Å². The van der Waals surface area contributed by atoms with Gasteiger partial charge in [-0.2, -0.15) is 18.2 Å². The Balaban J connectivity index is 2.18. The summed E-state index contributed by atoms with van der Waals surface area (Å²) in [5.74, 6) is -0.0453. The third-order valence-corrected chi connectivity index (χ3v) is 3.42. The largest absolute Gasteiger partial charge is 0.474 e. The number of rotatable bonds is 4. The third kappa shape index (κ3) is 4.75.